The molecule has 0 saturated heterocycles. The Morgan fingerprint density at radius 3 is 2.72 bits per heavy atom. The van der Waals surface area contributed by atoms with Gasteiger partial charge >= 0.3 is 5.97 Å². The molecule has 0 atom stereocenters. The minimum atomic E-state index is -0.599. The molecule has 7 heteroatoms. The Labute approximate surface area is 104 Å². The first-order valence-corrected chi connectivity index (χ1v) is 5.26. The van der Waals surface area contributed by atoms with E-state index in [-0.39, 0.29) is 23.5 Å². The predicted molar refractivity (Wildman–Crippen MR) is 64.3 cm³/mol. The van der Waals surface area contributed by atoms with Gasteiger partial charge in [-0.1, -0.05) is 0 Å². The number of nitro benzene ring substituents is 1. The summed E-state index contributed by atoms with van der Waals surface area (Å²) < 4.78 is 9.75. The monoisotopic (exact) mass is 254 g/mol. The molecule has 0 radical (unpaired) electrons. The summed E-state index contributed by atoms with van der Waals surface area (Å²) in [6, 6.07) is 3.62. The Hall–Kier alpha value is -2.15. The molecule has 0 fully saturated rings. The zero-order valence-electron chi connectivity index (χ0n) is 9.92. The van der Waals surface area contributed by atoms with Crippen molar-refractivity contribution in [1.82, 2.24) is 0 Å². The second kappa shape index (κ2) is 6.55. The molecule has 0 saturated carbocycles. The molecule has 18 heavy (non-hydrogen) atoms. The Balaban J connectivity index is 2.66. The highest BCUT2D eigenvalue weighted by Crippen LogP contribution is 2.20. The van der Waals surface area contributed by atoms with Crippen LogP contribution in [0.15, 0.2) is 18.2 Å². The van der Waals surface area contributed by atoms with Crippen LogP contribution in [0.1, 0.15) is 16.8 Å². The summed E-state index contributed by atoms with van der Waals surface area (Å²) in [4.78, 5) is 21.5. The number of nitro groups is 1. The van der Waals surface area contributed by atoms with Crippen LogP contribution in [0, 0.1) is 10.1 Å². The molecule has 0 bridgehead atoms. The van der Waals surface area contributed by atoms with Crippen molar-refractivity contribution in [3.8, 4) is 0 Å². The average Bonchev–Trinajstić information content (AvgIpc) is 2.34. The van der Waals surface area contributed by atoms with Gasteiger partial charge < -0.3 is 15.2 Å². The van der Waals surface area contributed by atoms with Gasteiger partial charge in [-0.05, 0) is 6.07 Å². The molecule has 1 rings (SSSR count). The predicted octanol–water partition coefficient (Wildman–Crippen LogP) is 1.37. The molecule has 0 aliphatic carbocycles. The van der Waals surface area contributed by atoms with E-state index in [1.165, 1.54) is 12.1 Å². The van der Waals surface area contributed by atoms with Crippen molar-refractivity contribution in [3.63, 3.8) is 0 Å². The van der Waals surface area contributed by atoms with E-state index < -0.39 is 10.9 Å². The smallest absolute Gasteiger partial charge is 0.340 e. The van der Waals surface area contributed by atoms with Crippen LogP contribution < -0.4 is 5.73 Å². The molecule has 0 amide bonds. The van der Waals surface area contributed by atoms with E-state index in [0.29, 0.717) is 13.0 Å². The minimum Gasteiger partial charge on any atom is -0.462 e. The second-order valence-corrected chi connectivity index (χ2v) is 3.51. The number of hydrogen-bond acceptors (Lipinski definition) is 6. The Morgan fingerprint density at radius 1 is 1.44 bits per heavy atom. The van der Waals surface area contributed by atoms with Crippen LogP contribution in [0.2, 0.25) is 0 Å². The first kappa shape index (κ1) is 13.9. The summed E-state index contributed by atoms with van der Waals surface area (Å²) in [5, 5.41) is 10.5. The number of hydrogen-bond donors (Lipinski definition) is 1. The fourth-order valence-electron chi connectivity index (χ4n) is 1.30. The van der Waals surface area contributed by atoms with Crippen LogP contribution in [0.3, 0.4) is 0 Å². The fraction of sp³-hybridized carbons (Fsp3) is 0.364. The quantitative estimate of drug-likeness (QED) is 0.270. The van der Waals surface area contributed by atoms with E-state index in [9.17, 15) is 14.9 Å². The lowest BCUT2D eigenvalue weighted by atomic mass is 10.1. The average molecular weight is 254 g/mol. The van der Waals surface area contributed by atoms with Crippen LogP contribution in [0.5, 0.6) is 0 Å². The lowest BCUT2D eigenvalue weighted by molar-refractivity contribution is -0.384. The summed E-state index contributed by atoms with van der Waals surface area (Å²) in [5.74, 6) is -0.599. The van der Waals surface area contributed by atoms with Gasteiger partial charge in [-0.3, -0.25) is 10.1 Å². The van der Waals surface area contributed by atoms with Gasteiger partial charge in [0.2, 0.25) is 0 Å². The zero-order chi connectivity index (χ0) is 13.5. The highest BCUT2D eigenvalue weighted by atomic mass is 16.6. The molecule has 1 aromatic carbocycles. The van der Waals surface area contributed by atoms with Gasteiger partial charge in [-0.25, -0.2) is 4.79 Å². The number of methoxy groups -OCH3 is 1. The summed E-state index contributed by atoms with van der Waals surface area (Å²) in [6.07, 6.45) is 0.578. The van der Waals surface area contributed by atoms with Gasteiger partial charge in [0.25, 0.3) is 5.69 Å². The molecule has 0 spiro atoms. The lowest BCUT2D eigenvalue weighted by Crippen LogP contribution is -2.10. The maximum Gasteiger partial charge on any atom is 0.340 e. The standard InChI is InChI=1S/C11H14N2O5/c1-17-5-2-6-18-11(14)9-4-3-8(13(15)16)7-10(9)12/h3-4,7H,2,5-6,12H2,1H3. The summed E-state index contributed by atoms with van der Waals surface area (Å²) in [5.41, 5.74) is 5.55. The van der Waals surface area contributed by atoms with Gasteiger partial charge in [-0.15, -0.1) is 0 Å². The number of non-ortho nitro benzene ring substituents is 1. The highest BCUT2D eigenvalue weighted by Gasteiger charge is 2.15. The third-order valence-corrected chi connectivity index (χ3v) is 2.19. The molecule has 0 aliphatic heterocycles. The van der Waals surface area contributed by atoms with Crippen LogP contribution in [0.4, 0.5) is 11.4 Å². The van der Waals surface area contributed by atoms with E-state index in [2.05, 4.69) is 0 Å². The number of nitrogens with two attached hydrogens (primary N) is 1. The van der Waals surface area contributed by atoms with Crippen molar-refractivity contribution in [2.24, 2.45) is 0 Å². The van der Waals surface area contributed by atoms with Gasteiger partial charge in [0.1, 0.15) is 0 Å². The van der Waals surface area contributed by atoms with Gasteiger partial charge in [0, 0.05) is 32.3 Å². The normalized spacial score (nSPS) is 10.1. The van der Waals surface area contributed by atoms with E-state index in [1.54, 1.807) is 7.11 Å². The van der Waals surface area contributed by atoms with Crippen molar-refractivity contribution in [1.29, 1.82) is 0 Å². The molecule has 1 aromatic rings. The van der Waals surface area contributed by atoms with E-state index in [0.717, 1.165) is 6.07 Å². The fourth-order valence-corrected chi connectivity index (χ4v) is 1.30. The van der Waals surface area contributed by atoms with E-state index in [4.69, 9.17) is 15.2 Å². The number of nitrogens with zero attached hydrogens (tertiary/aromatic N) is 1. The number of nitrogen functional groups attached to an aromatic ring is 1. The third kappa shape index (κ3) is 3.70. The Morgan fingerprint density at radius 2 is 2.17 bits per heavy atom. The molecule has 0 unspecified atom stereocenters. The number of carbonyl (C=O) groups excluding carboxylic acids is 1. The minimum absolute atomic E-state index is 0.0286. The van der Waals surface area contributed by atoms with Gasteiger partial charge in [-0.2, -0.15) is 0 Å². The summed E-state index contributed by atoms with van der Waals surface area (Å²) in [6.45, 7) is 0.701. The number of benzene rings is 1. The first-order valence-electron chi connectivity index (χ1n) is 5.26. The molecule has 0 aromatic heterocycles. The Bertz CT molecular complexity index is 447. The maximum absolute atomic E-state index is 11.6. The van der Waals surface area contributed by atoms with Crippen molar-refractivity contribution < 1.29 is 19.2 Å². The summed E-state index contributed by atoms with van der Waals surface area (Å²) in [7, 11) is 1.55. The van der Waals surface area contributed by atoms with Crippen LogP contribution in [-0.4, -0.2) is 31.2 Å². The molecule has 0 heterocycles. The summed E-state index contributed by atoms with van der Waals surface area (Å²) >= 11 is 0. The maximum atomic E-state index is 11.6. The zero-order valence-corrected chi connectivity index (χ0v) is 9.92. The van der Waals surface area contributed by atoms with Crippen LogP contribution in [-0.2, 0) is 9.47 Å². The number of carbonyl (C=O) groups is 1. The molecular weight excluding hydrogens is 240 g/mol. The number of rotatable bonds is 6. The van der Waals surface area contributed by atoms with Crippen molar-refractivity contribution in [2.75, 3.05) is 26.1 Å². The molecule has 98 valence electrons. The van der Waals surface area contributed by atoms with Crippen molar-refractivity contribution >= 4 is 17.3 Å². The Kier molecular flexibility index (Phi) is 5.06. The van der Waals surface area contributed by atoms with Crippen LogP contribution >= 0.6 is 0 Å². The number of ether oxygens (including phenoxy) is 2. The first-order chi connectivity index (χ1) is 8.56. The molecule has 0 aliphatic rings. The van der Waals surface area contributed by atoms with Gasteiger partial charge in [0.05, 0.1) is 22.8 Å². The third-order valence-electron chi connectivity index (χ3n) is 2.19. The second-order valence-electron chi connectivity index (χ2n) is 3.51. The SMILES string of the molecule is COCCCOC(=O)c1ccc([N+](=O)[O-])cc1N. The lowest BCUT2D eigenvalue weighted by Gasteiger charge is -2.06. The van der Waals surface area contributed by atoms with Gasteiger partial charge in [0.15, 0.2) is 0 Å². The van der Waals surface area contributed by atoms with E-state index in [1.807, 2.05) is 0 Å². The number of esters is 1. The molecular formula is C11H14N2O5. The molecule has 7 nitrogen and oxygen atoms in total. The van der Waals surface area contributed by atoms with Crippen molar-refractivity contribution in [3.05, 3.63) is 33.9 Å². The van der Waals surface area contributed by atoms with E-state index >= 15 is 0 Å². The largest absolute Gasteiger partial charge is 0.462 e. The van der Waals surface area contributed by atoms with Crippen molar-refractivity contribution in [2.45, 2.75) is 6.42 Å². The molecule has 2 N–H and O–H groups in total. The van der Waals surface area contributed by atoms with Crippen LogP contribution in [0.25, 0.3) is 0 Å². The topological polar surface area (TPSA) is 105 Å². The number of anilines is 1. The highest BCUT2D eigenvalue weighted by molar-refractivity contribution is 5.95.